The molecular formula is C11H13N5O3. The van der Waals surface area contributed by atoms with Crippen molar-refractivity contribution < 1.29 is 9.45 Å². The van der Waals surface area contributed by atoms with Gasteiger partial charge in [0.2, 0.25) is 5.89 Å². The summed E-state index contributed by atoms with van der Waals surface area (Å²) in [5, 5.41) is 17.5. The summed E-state index contributed by atoms with van der Waals surface area (Å²) < 4.78 is 4.85. The van der Waals surface area contributed by atoms with E-state index in [1.165, 1.54) is 6.07 Å². The fourth-order valence-electron chi connectivity index (χ4n) is 1.59. The van der Waals surface area contributed by atoms with Crippen molar-refractivity contribution in [2.75, 3.05) is 11.9 Å². The average Bonchev–Trinajstić information content (AvgIpc) is 2.75. The van der Waals surface area contributed by atoms with Gasteiger partial charge in [-0.05, 0) is 13.0 Å². The Morgan fingerprint density at radius 2 is 2.16 bits per heavy atom. The second kappa shape index (κ2) is 5.42. The minimum atomic E-state index is -0.450. The second-order valence-corrected chi connectivity index (χ2v) is 3.96. The molecule has 0 saturated carbocycles. The standard InChI is InChI=1S/C11H13N5O3/c1-7-9(16(17)18)3-4-10(13-7)12-6-5-11-14-8(2)19-15-11/h3-4H,5-6H2,1-2H3,(H,12,13). The molecule has 100 valence electrons. The van der Waals surface area contributed by atoms with Crippen molar-refractivity contribution in [2.24, 2.45) is 0 Å². The molecule has 0 aromatic carbocycles. The lowest BCUT2D eigenvalue weighted by Gasteiger charge is -2.04. The highest BCUT2D eigenvalue weighted by Gasteiger charge is 2.11. The molecule has 8 heteroatoms. The summed E-state index contributed by atoms with van der Waals surface area (Å²) in [7, 11) is 0. The van der Waals surface area contributed by atoms with Crippen LogP contribution in [0.4, 0.5) is 11.5 Å². The predicted octanol–water partition coefficient (Wildman–Crippen LogP) is 1.64. The van der Waals surface area contributed by atoms with Crippen LogP contribution >= 0.6 is 0 Å². The summed E-state index contributed by atoms with van der Waals surface area (Å²) in [6, 6.07) is 3.01. The van der Waals surface area contributed by atoms with Gasteiger partial charge in [-0.25, -0.2) is 4.98 Å². The van der Waals surface area contributed by atoms with Crippen molar-refractivity contribution in [1.82, 2.24) is 15.1 Å². The van der Waals surface area contributed by atoms with E-state index in [-0.39, 0.29) is 5.69 Å². The number of hydrogen-bond donors (Lipinski definition) is 1. The van der Waals surface area contributed by atoms with Gasteiger partial charge >= 0.3 is 0 Å². The summed E-state index contributed by atoms with van der Waals surface area (Å²) in [5.74, 6) is 1.73. The molecule has 1 N–H and O–H groups in total. The zero-order chi connectivity index (χ0) is 13.8. The van der Waals surface area contributed by atoms with Crippen LogP contribution in [0.2, 0.25) is 0 Å². The van der Waals surface area contributed by atoms with Crippen molar-refractivity contribution in [3.05, 3.63) is 39.7 Å². The summed E-state index contributed by atoms with van der Waals surface area (Å²) in [6.07, 6.45) is 0.592. The Kier molecular flexibility index (Phi) is 3.69. The third-order valence-corrected chi connectivity index (χ3v) is 2.48. The number of nitrogens with one attached hydrogen (secondary N) is 1. The highest BCUT2D eigenvalue weighted by atomic mass is 16.6. The van der Waals surface area contributed by atoms with E-state index in [1.807, 2.05) is 0 Å². The second-order valence-electron chi connectivity index (χ2n) is 3.96. The van der Waals surface area contributed by atoms with E-state index in [0.29, 0.717) is 36.2 Å². The lowest BCUT2D eigenvalue weighted by atomic mass is 10.3. The molecule has 0 spiro atoms. The Morgan fingerprint density at radius 3 is 2.74 bits per heavy atom. The van der Waals surface area contributed by atoms with Crippen LogP contribution < -0.4 is 5.32 Å². The van der Waals surface area contributed by atoms with Crippen molar-refractivity contribution in [3.8, 4) is 0 Å². The van der Waals surface area contributed by atoms with Crippen molar-refractivity contribution in [1.29, 1.82) is 0 Å². The van der Waals surface area contributed by atoms with Crippen LogP contribution in [-0.2, 0) is 6.42 Å². The summed E-state index contributed by atoms with van der Waals surface area (Å²) >= 11 is 0. The minimum Gasteiger partial charge on any atom is -0.370 e. The normalized spacial score (nSPS) is 10.4. The Balaban J connectivity index is 1.93. The lowest BCUT2D eigenvalue weighted by molar-refractivity contribution is -0.385. The first-order chi connectivity index (χ1) is 9.06. The van der Waals surface area contributed by atoms with E-state index >= 15 is 0 Å². The van der Waals surface area contributed by atoms with E-state index < -0.39 is 4.92 Å². The maximum atomic E-state index is 10.7. The van der Waals surface area contributed by atoms with Gasteiger partial charge in [0.25, 0.3) is 5.69 Å². The topological polar surface area (TPSA) is 107 Å². The van der Waals surface area contributed by atoms with E-state index in [0.717, 1.165) is 0 Å². The maximum Gasteiger partial charge on any atom is 0.290 e. The molecular weight excluding hydrogens is 250 g/mol. The van der Waals surface area contributed by atoms with E-state index in [4.69, 9.17) is 4.52 Å². The monoisotopic (exact) mass is 263 g/mol. The van der Waals surface area contributed by atoms with E-state index in [9.17, 15) is 10.1 Å². The number of hydrogen-bond acceptors (Lipinski definition) is 7. The van der Waals surface area contributed by atoms with Crippen LogP contribution in [0, 0.1) is 24.0 Å². The average molecular weight is 263 g/mol. The Hall–Kier alpha value is -2.51. The van der Waals surface area contributed by atoms with Crippen LogP contribution in [0.5, 0.6) is 0 Å². The fraction of sp³-hybridized carbons (Fsp3) is 0.364. The number of aryl methyl sites for hydroxylation is 2. The summed E-state index contributed by atoms with van der Waals surface area (Å²) in [5.41, 5.74) is 0.393. The molecule has 0 unspecified atom stereocenters. The first kappa shape index (κ1) is 12.9. The highest BCUT2D eigenvalue weighted by molar-refractivity contribution is 5.44. The molecule has 2 aromatic rings. The quantitative estimate of drug-likeness (QED) is 0.645. The molecule has 8 nitrogen and oxygen atoms in total. The van der Waals surface area contributed by atoms with Gasteiger partial charge in [-0.1, -0.05) is 5.16 Å². The zero-order valence-electron chi connectivity index (χ0n) is 10.6. The van der Waals surface area contributed by atoms with Crippen LogP contribution in [0.15, 0.2) is 16.7 Å². The number of nitro groups is 1. The van der Waals surface area contributed by atoms with Gasteiger partial charge in [0.05, 0.1) is 4.92 Å². The van der Waals surface area contributed by atoms with Crippen molar-refractivity contribution >= 4 is 11.5 Å². The predicted molar refractivity (Wildman–Crippen MR) is 66.9 cm³/mol. The fourth-order valence-corrected chi connectivity index (χ4v) is 1.59. The van der Waals surface area contributed by atoms with Gasteiger partial charge in [0, 0.05) is 26.0 Å². The molecule has 0 fully saturated rings. The number of pyridine rings is 1. The van der Waals surface area contributed by atoms with Gasteiger partial charge in [0.15, 0.2) is 5.82 Å². The highest BCUT2D eigenvalue weighted by Crippen LogP contribution is 2.17. The van der Waals surface area contributed by atoms with Crippen LogP contribution in [0.25, 0.3) is 0 Å². The van der Waals surface area contributed by atoms with Crippen molar-refractivity contribution in [2.45, 2.75) is 20.3 Å². The van der Waals surface area contributed by atoms with E-state index in [1.54, 1.807) is 19.9 Å². The summed E-state index contributed by atoms with van der Waals surface area (Å²) in [6.45, 7) is 3.90. The van der Waals surface area contributed by atoms with Crippen LogP contribution in [0.1, 0.15) is 17.4 Å². The minimum absolute atomic E-state index is 0.0133. The van der Waals surface area contributed by atoms with Gasteiger partial charge in [-0.3, -0.25) is 10.1 Å². The number of anilines is 1. The van der Waals surface area contributed by atoms with Crippen LogP contribution in [0.3, 0.4) is 0 Å². The molecule has 0 amide bonds. The smallest absolute Gasteiger partial charge is 0.290 e. The molecule has 2 heterocycles. The number of nitrogens with zero attached hydrogens (tertiary/aromatic N) is 4. The molecule has 2 rings (SSSR count). The summed E-state index contributed by atoms with van der Waals surface area (Å²) in [4.78, 5) is 18.4. The van der Waals surface area contributed by atoms with Gasteiger partial charge in [0.1, 0.15) is 11.5 Å². The third-order valence-electron chi connectivity index (χ3n) is 2.48. The third kappa shape index (κ3) is 3.24. The zero-order valence-corrected chi connectivity index (χ0v) is 10.6. The molecule has 0 radical (unpaired) electrons. The SMILES string of the molecule is Cc1nc(CCNc2ccc([N+](=O)[O-])c(C)n2)no1. The number of aromatic nitrogens is 3. The molecule has 2 aromatic heterocycles. The molecule has 0 atom stereocenters. The Bertz CT molecular complexity index is 596. The Labute approximate surface area is 109 Å². The van der Waals surface area contributed by atoms with Crippen LogP contribution in [-0.4, -0.2) is 26.6 Å². The lowest BCUT2D eigenvalue weighted by Crippen LogP contribution is -2.08. The van der Waals surface area contributed by atoms with Crippen molar-refractivity contribution in [3.63, 3.8) is 0 Å². The first-order valence-electron chi connectivity index (χ1n) is 5.71. The number of rotatable bonds is 5. The first-order valence-corrected chi connectivity index (χ1v) is 5.71. The maximum absolute atomic E-state index is 10.7. The largest absolute Gasteiger partial charge is 0.370 e. The van der Waals surface area contributed by atoms with Gasteiger partial charge < -0.3 is 9.84 Å². The van der Waals surface area contributed by atoms with Gasteiger partial charge in [-0.15, -0.1) is 0 Å². The molecule has 0 aliphatic carbocycles. The van der Waals surface area contributed by atoms with E-state index in [2.05, 4.69) is 20.4 Å². The molecule has 0 aliphatic rings. The van der Waals surface area contributed by atoms with Gasteiger partial charge in [-0.2, -0.15) is 4.98 Å². The Morgan fingerprint density at radius 1 is 1.37 bits per heavy atom. The molecule has 19 heavy (non-hydrogen) atoms. The molecule has 0 aliphatic heterocycles. The molecule has 0 saturated heterocycles. The molecule has 0 bridgehead atoms.